The molecule has 0 atom stereocenters. The summed E-state index contributed by atoms with van der Waals surface area (Å²) in [5.41, 5.74) is 0.209. The summed E-state index contributed by atoms with van der Waals surface area (Å²) in [5, 5.41) is 17.3. The summed E-state index contributed by atoms with van der Waals surface area (Å²) in [6.45, 7) is 3.06. The molecule has 3 aromatic carbocycles. The minimum atomic E-state index is -0.691. The van der Waals surface area contributed by atoms with Crippen molar-refractivity contribution in [2.45, 2.75) is 13.8 Å². The zero-order valence-corrected chi connectivity index (χ0v) is 23.4. The highest BCUT2D eigenvalue weighted by molar-refractivity contribution is 5.89. The molecule has 13 nitrogen and oxygen atoms in total. The second-order valence-corrected chi connectivity index (χ2v) is 8.95. The number of nitro groups is 1. The first kappa shape index (κ1) is 28.8. The topological polar surface area (TPSA) is 158 Å². The lowest BCUT2D eigenvalue weighted by Crippen LogP contribution is -2.20. The van der Waals surface area contributed by atoms with Crippen molar-refractivity contribution in [2.24, 2.45) is 5.10 Å². The van der Waals surface area contributed by atoms with Crippen LogP contribution in [-0.2, 0) is 9.53 Å². The number of hydrogen-bond donors (Lipinski definition) is 0. The molecule has 5 aromatic rings. The normalized spacial score (nSPS) is 11.2. The van der Waals surface area contributed by atoms with Crippen LogP contribution < -0.4 is 19.8 Å². The van der Waals surface area contributed by atoms with Crippen LogP contribution in [0.25, 0.3) is 33.5 Å². The van der Waals surface area contributed by atoms with Gasteiger partial charge in [-0.15, -0.1) is 0 Å². The van der Waals surface area contributed by atoms with Gasteiger partial charge < -0.3 is 23.4 Å². The summed E-state index contributed by atoms with van der Waals surface area (Å²) >= 11 is 0. The van der Waals surface area contributed by atoms with Crippen LogP contribution in [0.4, 0.5) is 5.69 Å². The molecule has 0 aliphatic heterocycles. The number of hydrogen-bond acceptors (Lipinski definition) is 11. The van der Waals surface area contributed by atoms with Gasteiger partial charge in [-0.05, 0) is 50.2 Å². The predicted molar refractivity (Wildman–Crippen MR) is 157 cm³/mol. The van der Waals surface area contributed by atoms with E-state index >= 15 is 0 Å². The van der Waals surface area contributed by atoms with E-state index in [9.17, 15) is 19.7 Å². The number of furan rings is 1. The number of fused-ring (bicyclic) bond motifs is 2. The zero-order chi connectivity index (χ0) is 30.5. The van der Waals surface area contributed by atoms with Crippen LogP contribution in [0.2, 0.25) is 0 Å². The second-order valence-electron chi connectivity index (χ2n) is 8.95. The Morgan fingerprint density at radius 1 is 1.05 bits per heavy atom. The Hall–Kier alpha value is -5.72. The quantitative estimate of drug-likeness (QED) is 0.0897. The lowest BCUT2D eigenvalue weighted by atomic mass is 10.2. The highest BCUT2D eigenvalue weighted by atomic mass is 16.6. The molecule has 43 heavy (non-hydrogen) atoms. The number of rotatable bonds is 11. The third kappa shape index (κ3) is 5.86. The maximum atomic E-state index is 13.6. The van der Waals surface area contributed by atoms with Crippen molar-refractivity contribution in [3.8, 4) is 28.8 Å². The van der Waals surface area contributed by atoms with Crippen LogP contribution in [0.5, 0.6) is 17.2 Å². The number of methoxy groups -OCH3 is 1. The van der Waals surface area contributed by atoms with Crippen LogP contribution in [0.1, 0.15) is 19.4 Å². The minimum absolute atomic E-state index is 0.0102. The van der Waals surface area contributed by atoms with Crippen molar-refractivity contribution in [1.82, 2.24) is 9.66 Å². The van der Waals surface area contributed by atoms with Crippen LogP contribution in [0, 0.1) is 10.1 Å². The highest BCUT2D eigenvalue weighted by Gasteiger charge is 2.24. The Balaban J connectivity index is 1.64. The standard InChI is InChI=1S/C30H26N4O9/c1-4-40-25-14-18(13-22(34(37)38)28(25)42-17-27(35)41-5-2)16-31-33-29(32-21-10-7-6-9-19(21)30(33)36)26-15-20-23(39-3)11-8-12-24(20)43-26/h6-16H,4-5,17H2,1-3H3. The largest absolute Gasteiger partial charge is 0.496 e. The maximum Gasteiger partial charge on any atom is 0.344 e. The number of carbonyl (C=O) groups is 1. The third-order valence-electron chi connectivity index (χ3n) is 6.23. The molecule has 13 heteroatoms. The molecule has 0 bridgehead atoms. The van der Waals surface area contributed by atoms with Gasteiger partial charge in [0, 0.05) is 11.6 Å². The molecule has 2 heterocycles. The summed E-state index contributed by atoms with van der Waals surface area (Å²) in [4.78, 5) is 41.4. The van der Waals surface area contributed by atoms with Gasteiger partial charge in [0.2, 0.25) is 11.6 Å². The highest BCUT2D eigenvalue weighted by Crippen LogP contribution is 2.38. The van der Waals surface area contributed by atoms with E-state index in [1.54, 1.807) is 69.5 Å². The van der Waals surface area contributed by atoms with Crippen molar-refractivity contribution in [3.05, 3.63) is 86.7 Å². The molecule has 0 radical (unpaired) electrons. The average molecular weight is 587 g/mol. The number of ether oxygens (including phenoxy) is 4. The molecule has 0 spiro atoms. The molecule has 220 valence electrons. The summed E-state index contributed by atoms with van der Waals surface area (Å²) in [5.74, 6) is 0.0142. The Bertz CT molecular complexity index is 1930. The molecule has 0 saturated heterocycles. The van der Waals surface area contributed by atoms with E-state index < -0.39 is 28.7 Å². The molecular formula is C30H26N4O9. The molecule has 2 aromatic heterocycles. The van der Waals surface area contributed by atoms with Gasteiger partial charge in [0.1, 0.15) is 11.3 Å². The molecule has 0 fully saturated rings. The Morgan fingerprint density at radius 2 is 1.86 bits per heavy atom. The van der Waals surface area contributed by atoms with Crippen LogP contribution in [-0.4, -0.2) is 53.7 Å². The SMILES string of the molecule is CCOC(=O)COc1c(OCC)cc(C=Nn2c(-c3cc4c(OC)cccc4o3)nc3ccccc3c2=O)cc1[N+](=O)[O-]. The van der Waals surface area contributed by atoms with E-state index in [2.05, 4.69) is 10.1 Å². The van der Waals surface area contributed by atoms with E-state index in [0.29, 0.717) is 27.6 Å². The molecule has 0 aliphatic rings. The van der Waals surface area contributed by atoms with Crippen molar-refractivity contribution in [2.75, 3.05) is 26.9 Å². The first-order chi connectivity index (χ1) is 20.8. The number of para-hydroxylation sites is 1. The van der Waals surface area contributed by atoms with Gasteiger partial charge in [-0.1, -0.05) is 18.2 Å². The smallest absolute Gasteiger partial charge is 0.344 e. The number of esters is 1. The maximum absolute atomic E-state index is 13.6. The van der Waals surface area contributed by atoms with Gasteiger partial charge in [0.15, 0.2) is 18.1 Å². The van der Waals surface area contributed by atoms with E-state index in [1.807, 2.05) is 0 Å². The summed E-state index contributed by atoms with van der Waals surface area (Å²) < 4.78 is 28.4. The van der Waals surface area contributed by atoms with Crippen molar-refractivity contribution in [3.63, 3.8) is 0 Å². The lowest BCUT2D eigenvalue weighted by molar-refractivity contribution is -0.385. The monoisotopic (exact) mass is 586 g/mol. The van der Waals surface area contributed by atoms with Crippen LogP contribution >= 0.6 is 0 Å². The molecular weight excluding hydrogens is 560 g/mol. The molecule has 0 amide bonds. The molecule has 5 rings (SSSR count). The first-order valence-corrected chi connectivity index (χ1v) is 13.2. The van der Waals surface area contributed by atoms with Gasteiger partial charge in [-0.25, -0.2) is 9.78 Å². The fraction of sp³-hybridized carbons (Fsp3) is 0.200. The van der Waals surface area contributed by atoms with Crippen LogP contribution in [0.3, 0.4) is 0 Å². The second kappa shape index (κ2) is 12.4. The van der Waals surface area contributed by atoms with Gasteiger partial charge in [0.05, 0.1) is 47.8 Å². The Morgan fingerprint density at radius 3 is 2.60 bits per heavy atom. The number of nitrogens with zero attached hydrogens (tertiary/aromatic N) is 4. The first-order valence-electron chi connectivity index (χ1n) is 13.2. The predicted octanol–water partition coefficient (Wildman–Crippen LogP) is 4.95. The number of benzene rings is 3. The van der Waals surface area contributed by atoms with Gasteiger partial charge in [0.25, 0.3) is 5.56 Å². The van der Waals surface area contributed by atoms with Crippen molar-refractivity contribution < 1.29 is 33.1 Å². The van der Waals surface area contributed by atoms with Crippen molar-refractivity contribution in [1.29, 1.82) is 0 Å². The lowest BCUT2D eigenvalue weighted by Gasteiger charge is -2.13. The van der Waals surface area contributed by atoms with E-state index in [0.717, 1.165) is 4.68 Å². The molecule has 0 saturated carbocycles. The van der Waals surface area contributed by atoms with Gasteiger partial charge in [-0.3, -0.25) is 14.9 Å². The Labute approximate surface area is 244 Å². The number of nitro benzene ring substituents is 1. The molecule has 0 unspecified atom stereocenters. The average Bonchev–Trinajstić information content (AvgIpc) is 3.44. The van der Waals surface area contributed by atoms with Gasteiger partial charge >= 0.3 is 11.7 Å². The van der Waals surface area contributed by atoms with E-state index in [4.69, 9.17) is 23.4 Å². The zero-order valence-electron chi connectivity index (χ0n) is 23.4. The summed E-state index contributed by atoms with van der Waals surface area (Å²) in [7, 11) is 1.54. The summed E-state index contributed by atoms with van der Waals surface area (Å²) in [6, 6.07) is 16.4. The van der Waals surface area contributed by atoms with Crippen molar-refractivity contribution >= 4 is 39.7 Å². The van der Waals surface area contributed by atoms with E-state index in [-0.39, 0.29) is 41.9 Å². The fourth-order valence-electron chi connectivity index (χ4n) is 4.40. The van der Waals surface area contributed by atoms with Gasteiger partial charge in [-0.2, -0.15) is 9.78 Å². The summed E-state index contributed by atoms with van der Waals surface area (Å²) in [6.07, 6.45) is 1.26. The third-order valence-corrected chi connectivity index (χ3v) is 6.23. The Kier molecular flexibility index (Phi) is 8.32. The van der Waals surface area contributed by atoms with E-state index in [1.165, 1.54) is 18.3 Å². The molecule has 0 aliphatic carbocycles. The number of aromatic nitrogens is 2. The fourth-order valence-corrected chi connectivity index (χ4v) is 4.40. The number of carbonyl (C=O) groups excluding carboxylic acids is 1. The van der Waals surface area contributed by atoms with Crippen LogP contribution in [0.15, 0.2) is 75.0 Å². The molecule has 0 N–H and O–H groups in total. The minimum Gasteiger partial charge on any atom is -0.496 e.